The summed E-state index contributed by atoms with van der Waals surface area (Å²) in [5.41, 5.74) is 0.411. The predicted molar refractivity (Wildman–Crippen MR) is 124 cm³/mol. The van der Waals surface area contributed by atoms with E-state index in [1.165, 1.54) is 23.5 Å². The molecule has 3 N–H and O–H groups in total. The van der Waals surface area contributed by atoms with Gasteiger partial charge >= 0.3 is 0 Å². The number of benzene rings is 2. The van der Waals surface area contributed by atoms with Crippen LogP contribution in [0.3, 0.4) is 0 Å². The van der Waals surface area contributed by atoms with E-state index in [0.717, 1.165) is 12.8 Å². The van der Waals surface area contributed by atoms with Crippen molar-refractivity contribution in [2.24, 2.45) is 0 Å². The van der Waals surface area contributed by atoms with Gasteiger partial charge in [0.2, 0.25) is 5.91 Å². The van der Waals surface area contributed by atoms with Crippen LogP contribution in [0.5, 0.6) is 5.75 Å². The highest BCUT2D eigenvalue weighted by Crippen LogP contribution is 2.40. The third-order valence-electron chi connectivity index (χ3n) is 4.78. The van der Waals surface area contributed by atoms with E-state index < -0.39 is 10.0 Å². The molecule has 1 aliphatic heterocycles. The number of sulfonamides is 1. The number of aromatic hydroxyl groups is 1. The Kier molecular flexibility index (Phi) is 6.31. The molecule has 6 nitrogen and oxygen atoms in total. The molecule has 2 aromatic carbocycles. The van der Waals surface area contributed by atoms with Crippen LogP contribution < -0.4 is 10.0 Å². The molecule has 0 bridgehead atoms. The largest absolute Gasteiger partial charge is 0.506 e. The molecule has 1 fully saturated rings. The van der Waals surface area contributed by atoms with Gasteiger partial charge in [-0.15, -0.1) is 23.5 Å². The molecule has 2 aromatic rings. The van der Waals surface area contributed by atoms with Crippen molar-refractivity contribution in [3.8, 4) is 5.75 Å². The van der Waals surface area contributed by atoms with Crippen LogP contribution in [0.4, 0.5) is 5.69 Å². The molecular weight excluding hydrogens is 440 g/mol. The number of allylic oxidation sites excluding steroid dienone is 2. The number of hydrogen-bond acceptors (Lipinski definition) is 6. The van der Waals surface area contributed by atoms with Crippen LogP contribution >= 0.6 is 23.5 Å². The number of phenolic OH excluding ortho intramolecular Hbond substituents is 1. The van der Waals surface area contributed by atoms with Crippen LogP contribution in [0, 0.1) is 0 Å². The highest BCUT2D eigenvalue weighted by Gasteiger charge is 2.23. The van der Waals surface area contributed by atoms with Gasteiger partial charge in [-0.3, -0.25) is 9.52 Å². The quantitative estimate of drug-likeness (QED) is 0.402. The Labute approximate surface area is 184 Å². The zero-order valence-electron chi connectivity index (χ0n) is 16.1. The molecule has 1 heterocycles. The number of fused-ring (bicyclic) bond motifs is 1. The fourth-order valence-corrected chi connectivity index (χ4v) is 6.24. The summed E-state index contributed by atoms with van der Waals surface area (Å²) in [6, 6.07) is 9.08. The minimum atomic E-state index is -3.71. The van der Waals surface area contributed by atoms with Crippen molar-refractivity contribution in [3.05, 3.63) is 52.8 Å². The first-order valence-electron chi connectivity index (χ1n) is 9.61. The number of phenols is 1. The molecule has 2 aliphatic rings. The van der Waals surface area contributed by atoms with E-state index in [9.17, 15) is 18.3 Å². The Balaban J connectivity index is 1.58. The second-order valence-electron chi connectivity index (χ2n) is 7.13. The monoisotopic (exact) mass is 462 g/mol. The molecule has 0 spiro atoms. The average molecular weight is 463 g/mol. The first kappa shape index (κ1) is 21.1. The third kappa shape index (κ3) is 4.96. The zero-order chi connectivity index (χ0) is 21.1. The Bertz CT molecular complexity index is 1140. The van der Waals surface area contributed by atoms with E-state index in [2.05, 4.69) is 10.0 Å². The van der Waals surface area contributed by atoms with E-state index >= 15 is 0 Å². The number of hydrogen-bond donors (Lipinski definition) is 3. The van der Waals surface area contributed by atoms with Gasteiger partial charge in [-0.25, -0.2) is 8.42 Å². The van der Waals surface area contributed by atoms with Gasteiger partial charge in [0.25, 0.3) is 10.0 Å². The summed E-state index contributed by atoms with van der Waals surface area (Å²) < 4.78 is 28.4. The molecule has 1 aliphatic carbocycles. The van der Waals surface area contributed by atoms with Gasteiger partial charge in [-0.05, 0) is 30.4 Å². The molecule has 0 saturated heterocycles. The number of thioether (sulfide) groups is 2. The van der Waals surface area contributed by atoms with Crippen LogP contribution in [-0.2, 0) is 14.8 Å². The van der Waals surface area contributed by atoms with E-state index in [-0.39, 0.29) is 11.7 Å². The van der Waals surface area contributed by atoms with E-state index in [1.54, 1.807) is 42.5 Å². The molecular formula is C21H22N2O4S3. The number of anilines is 1. The average Bonchev–Trinajstić information content (AvgIpc) is 3.55. The summed E-state index contributed by atoms with van der Waals surface area (Å²) in [5, 5.41) is 16.7. The van der Waals surface area contributed by atoms with E-state index in [4.69, 9.17) is 0 Å². The fraction of sp³-hybridized carbons (Fsp3) is 0.286. The van der Waals surface area contributed by atoms with Crippen LogP contribution in [0.2, 0.25) is 0 Å². The van der Waals surface area contributed by atoms with Crippen molar-refractivity contribution >= 4 is 55.9 Å². The van der Waals surface area contributed by atoms with Crippen LogP contribution in [0.25, 0.3) is 10.8 Å². The van der Waals surface area contributed by atoms with Crippen molar-refractivity contribution in [1.29, 1.82) is 0 Å². The highest BCUT2D eigenvalue weighted by molar-refractivity contribution is 8.04. The highest BCUT2D eigenvalue weighted by atomic mass is 32.2. The number of nitrogens with one attached hydrogen (secondary N) is 2. The molecule has 0 aromatic heterocycles. The minimum absolute atomic E-state index is 0.000922. The molecule has 1 saturated carbocycles. The van der Waals surface area contributed by atoms with Crippen molar-refractivity contribution in [1.82, 2.24) is 5.32 Å². The lowest BCUT2D eigenvalue weighted by Crippen LogP contribution is -2.25. The normalized spacial score (nSPS) is 16.3. The smallest absolute Gasteiger partial charge is 0.258 e. The standard InChI is InChI=1S/C21H22N2O4S3/c24-20(22-14-7-8-14)9-11-29-19-12-18(16-5-1-2-6-17(16)21(19)25)23-30(26,27)15-4-3-10-28-13-15/h1-6,10,12,14,23,25H,7-9,11,13H2,(H,22,24). The topological polar surface area (TPSA) is 95.5 Å². The summed E-state index contributed by atoms with van der Waals surface area (Å²) in [6.07, 6.45) is 5.73. The van der Waals surface area contributed by atoms with E-state index in [1.807, 2.05) is 5.41 Å². The Morgan fingerprint density at radius 2 is 2.00 bits per heavy atom. The number of carbonyl (C=O) groups excluding carboxylic acids is 1. The Morgan fingerprint density at radius 3 is 2.70 bits per heavy atom. The van der Waals surface area contributed by atoms with Crippen molar-refractivity contribution in [2.45, 2.75) is 30.2 Å². The minimum Gasteiger partial charge on any atom is -0.506 e. The van der Waals surface area contributed by atoms with Crippen molar-refractivity contribution in [3.63, 3.8) is 0 Å². The molecule has 0 atom stereocenters. The molecule has 0 unspecified atom stereocenters. The number of rotatable bonds is 8. The first-order valence-corrected chi connectivity index (χ1v) is 13.1. The van der Waals surface area contributed by atoms with E-state index in [0.29, 0.717) is 50.2 Å². The maximum Gasteiger partial charge on any atom is 0.258 e. The van der Waals surface area contributed by atoms with Gasteiger partial charge in [-0.1, -0.05) is 30.3 Å². The molecule has 0 radical (unpaired) electrons. The molecule has 158 valence electrons. The summed E-state index contributed by atoms with van der Waals surface area (Å²) in [6.45, 7) is 0. The van der Waals surface area contributed by atoms with Gasteiger partial charge in [0.15, 0.2) is 0 Å². The lowest BCUT2D eigenvalue weighted by atomic mass is 10.1. The van der Waals surface area contributed by atoms with Gasteiger partial charge in [0.1, 0.15) is 5.75 Å². The third-order valence-corrected chi connectivity index (χ3v) is 8.28. The SMILES string of the molecule is O=C(CCSc1cc(NS(=O)(=O)C2=CC=CSC2)c2ccccc2c1O)NC1CC1. The summed E-state index contributed by atoms with van der Waals surface area (Å²) in [4.78, 5) is 12.8. The van der Waals surface area contributed by atoms with Crippen LogP contribution in [0.15, 0.2) is 57.7 Å². The van der Waals surface area contributed by atoms with Crippen molar-refractivity contribution < 1.29 is 18.3 Å². The Hall–Kier alpha value is -2.10. The maximum atomic E-state index is 12.9. The fourth-order valence-electron chi connectivity index (χ4n) is 3.07. The number of carbonyl (C=O) groups is 1. The predicted octanol–water partition coefficient (Wildman–Crippen LogP) is 4.19. The lowest BCUT2D eigenvalue weighted by molar-refractivity contribution is -0.120. The molecule has 4 rings (SSSR count). The van der Waals surface area contributed by atoms with Crippen LogP contribution in [0.1, 0.15) is 19.3 Å². The summed E-state index contributed by atoms with van der Waals surface area (Å²) in [5.74, 6) is 0.959. The van der Waals surface area contributed by atoms with Gasteiger partial charge in [-0.2, -0.15) is 0 Å². The maximum absolute atomic E-state index is 12.9. The van der Waals surface area contributed by atoms with Gasteiger partial charge < -0.3 is 10.4 Å². The zero-order valence-corrected chi connectivity index (χ0v) is 18.6. The van der Waals surface area contributed by atoms with Crippen molar-refractivity contribution in [2.75, 3.05) is 16.2 Å². The van der Waals surface area contributed by atoms with Gasteiger partial charge in [0, 0.05) is 34.7 Å². The summed E-state index contributed by atoms with van der Waals surface area (Å²) >= 11 is 2.76. The lowest BCUT2D eigenvalue weighted by Gasteiger charge is -2.16. The Morgan fingerprint density at radius 1 is 1.23 bits per heavy atom. The number of amides is 1. The second kappa shape index (κ2) is 8.95. The second-order valence-corrected chi connectivity index (χ2v) is 10.9. The summed E-state index contributed by atoms with van der Waals surface area (Å²) in [7, 11) is -3.71. The van der Waals surface area contributed by atoms with Gasteiger partial charge in [0.05, 0.1) is 15.5 Å². The molecule has 1 amide bonds. The van der Waals surface area contributed by atoms with Crippen LogP contribution in [-0.4, -0.2) is 37.0 Å². The molecule has 30 heavy (non-hydrogen) atoms. The molecule has 9 heteroatoms. The first-order chi connectivity index (χ1) is 14.4.